The highest BCUT2D eigenvalue weighted by molar-refractivity contribution is 8.18. The summed E-state index contributed by atoms with van der Waals surface area (Å²) in [6, 6.07) is 0. The van der Waals surface area contributed by atoms with Crippen LogP contribution in [0.1, 0.15) is 27.7 Å². The SMILES string of the molecule is COC(=O)/C=C1\SC(=NCC(C)C)N(CC(C)C)C1=O. The molecule has 1 saturated heterocycles. The van der Waals surface area contributed by atoms with Crippen molar-refractivity contribution in [3.8, 4) is 0 Å². The Morgan fingerprint density at radius 1 is 1.35 bits per heavy atom. The van der Waals surface area contributed by atoms with Gasteiger partial charge in [-0.3, -0.25) is 14.7 Å². The molecule has 0 aliphatic carbocycles. The molecule has 0 aromatic carbocycles. The second kappa shape index (κ2) is 7.47. The minimum atomic E-state index is -0.518. The molecule has 1 rings (SSSR count). The first-order chi connectivity index (χ1) is 9.35. The summed E-state index contributed by atoms with van der Waals surface area (Å²) >= 11 is 1.24. The van der Waals surface area contributed by atoms with Gasteiger partial charge in [0.25, 0.3) is 5.91 Å². The fourth-order valence-corrected chi connectivity index (χ4v) is 2.53. The molecule has 0 atom stereocenters. The third-order valence-corrected chi connectivity index (χ3v) is 3.52. The second-order valence-electron chi connectivity index (χ2n) is 5.46. The van der Waals surface area contributed by atoms with Crippen LogP contribution in [0.4, 0.5) is 0 Å². The lowest BCUT2D eigenvalue weighted by molar-refractivity contribution is -0.135. The summed E-state index contributed by atoms with van der Waals surface area (Å²) in [4.78, 5) is 30.1. The smallest absolute Gasteiger partial charge is 0.331 e. The Hall–Kier alpha value is -1.30. The fraction of sp³-hybridized carbons (Fsp3) is 0.643. The van der Waals surface area contributed by atoms with Crippen LogP contribution >= 0.6 is 11.8 Å². The van der Waals surface area contributed by atoms with E-state index in [1.54, 1.807) is 4.90 Å². The summed E-state index contributed by atoms with van der Waals surface area (Å²) in [6.45, 7) is 9.49. The monoisotopic (exact) mass is 298 g/mol. The van der Waals surface area contributed by atoms with Crippen molar-refractivity contribution in [2.24, 2.45) is 16.8 Å². The van der Waals surface area contributed by atoms with Crippen molar-refractivity contribution in [1.82, 2.24) is 4.90 Å². The molecule has 6 heteroatoms. The van der Waals surface area contributed by atoms with E-state index in [1.165, 1.54) is 24.9 Å². The molecular formula is C14H22N2O3S. The van der Waals surface area contributed by atoms with Gasteiger partial charge in [-0.1, -0.05) is 27.7 Å². The lowest BCUT2D eigenvalue weighted by Crippen LogP contribution is -2.33. The average Bonchev–Trinajstić information content (AvgIpc) is 2.64. The van der Waals surface area contributed by atoms with Crippen molar-refractivity contribution in [3.05, 3.63) is 11.0 Å². The van der Waals surface area contributed by atoms with Crippen molar-refractivity contribution in [2.45, 2.75) is 27.7 Å². The van der Waals surface area contributed by atoms with Gasteiger partial charge >= 0.3 is 5.97 Å². The van der Waals surface area contributed by atoms with Crippen LogP contribution in [-0.4, -0.2) is 42.1 Å². The normalized spacial score (nSPS) is 19.8. The molecule has 0 bridgehead atoms. The van der Waals surface area contributed by atoms with Crippen LogP contribution in [0.2, 0.25) is 0 Å². The number of thioether (sulfide) groups is 1. The number of nitrogens with zero attached hydrogens (tertiary/aromatic N) is 2. The minimum Gasteiger partial charge on any atom is -0.466 e. The molecule has 1 heterocycles. The zero-order chi connectivity index (χ0) is 15.3. The predicted molar refractivity (Wildman–Crippen MR) is 81.4 cm³/mol. The summed E-state index contributed by atoms with van der Waals surface area (Å²) in [5.41, 5.74) is 0. The molecule has 0 saturated carbocycles. The number of hydrogen-bond acceptors (Lipinski definition) is 5. The molecule has 1 aliphatic heterocycles. The summed E-state index contributed by atoms with van der Waals surface area (Å²) < 4.78 is 4.57. The Balaban J connectivity index is 2.97. The quantitative estimate of drug-likeness (QED) is 0.577. The molecule has 0 radical (unpaired) electrons. The zero-order valence-electron chi connectivity index (χ0n) is 12.7. The van der Waals surface area contributed by atoms with Crippen molar-refractivity contribution >= 4 is 28.8 Å². The third kappa shape index (κ3) is 4.67. The van der Waals surface area contributed by atoms with E-state index in [0.29, 0.717) is 35.0 Å². The molecular weight excluding hydrogens is 276 g/mol. The molecule has 1 fully saturated rings. The fourth-order valence-electron chi connectivity index (χ4n) is 1.58. The van der Waals surface area contributed by atoms with Gasteiger partial charge in [0.05, 0.1) is 12.0 Å². The number of hydrogen-bond donors (Lipinski definition) is 0. The number of ether oxygens (including phenoxy) is 1. The second-order valence-corrected chi connectivity index (χ2v) is 6.47. The van der Waals surface area contributed by atoms with Gasteiger partial charge in [0.1, 0.15) is 0 Å². The molecule has 20 heavy (non-hydrogen) atoms. The number of carbonyl (C=O) groups excluding carboxylic acids is 2. The topological polar surface area (TPSA) is 59.0 Å². The molecule has 112 valence electrons. The largest absolute Gasteiger partial charge is 0.466 e. The lowest BCUT2D eigenvalue weighted by Gasteiger charge is -2.18. The van der Waals surface area contributed by atoms with Gasteiger partial charge in [0, 0.05) is 19.2 Å². The molecule has 1 aliphatic rings. The number of amides is 1. The maximum absolute atomic E-state index is 12.3. The Kier molecular flexibility index (Phi) is 6.26. The van der Waals surface area contributed by atoms with Crippen molar-refractivity contribution in [3.63, 3.8) is 0 Å². The minimum absolute atomic E-state index is 0.170. The van der Waals surface area contributed by atoms with Gasteiger partial charge in [-0.15, -0.1) is 0 Å². The summed E-state index contributed by atoms with van der Waals surface area (Å²) in [5.74, 6) is 0.0704. The number of rotatable bonds is 5. The summed E-state index contributed by atoms with van der Waals surface area (Å²) in [6.07, 6.45) is 1.23. The lowest BCUT2D eigenvalue weighted by atomic mass is 10.2. The molecule has 1 amide bonds. The van der Waals surface area contributed by atoms with Gasteiger partial charge in [-0.2, -0.15) is 0 Å². The Morgan fingerprint density at radius 3 is 2.50 bits per heavy atom. The van der Waals surface area contributed by atoms with E-state index in [2.05, 4.69) is 23.6 Å². The van der Waals surface area contributed by atoms with E-state index in [9.17, 15) is 9.59 Å². The highest BCUT2D eigenvalue weighted by atomic mass is 32.2. The Bertz CT molecular complexity index is 442. The number of aliphatic imine (C=N–C) groups is 1. The van der Waals surface area contributed by atoms with Crippen molar-refractivity contribution in [1.29, 1.82) is 0 Å². The van der Waals surface area contributed by atoms with E-state index in [1.807, 2.05) is 13.8 Å². The number of methoxy groups -OCH3 is 1. The predicted octanol–water partition coefficient (Wildman–Crippen LogP) is 2.29. The van der Waals surface area contributed by atoms with E-state index >= 15 is 0 Å². The van der Waals surface area contributed by atoms with Crippen LogP contribution in [0.15, 0.2) is 16.0 Å². The average molecular weight is 298 g/mol. The van der Waals surface area contributed by atoms with Crippen LogP contribution in [0.5, 0.6) is 0 Å². The standard InChI is InChI=1S/C14H22N2O3S/c1-9(2)7-15-14-16(8-10(3)4)13(18)11(20-14)6-12(17)19-5/h6,9-10H,7-8H2,1-5H3/b11-6-,15-14?. The maximum Gasteiger partial charge on any atom is 0.331 e. The van der Waals surface area contributed by atoms with Crippen LogP contribution < -0.4 is 0 Å². The van der Waals surface area contributed by atoms with Gasteiger partial charge in [-0.05, 0) is 23.6 Å². The van der Waals surface area contributed by atoms with Gasteiger partial charge in [0.15, 0.2) is 5.17 Å². The zero-order valence-corrected chi connectivity index (χ0v) is 13.5. The first kappa shape index (κ1) is 16.8. The number of esters is 1. The molecule has 5 nitrogen and oxygen atoms in total. The van der Waals surface area contributed by atoms with Gasteiger partial charge < -0.3 is 4.74 Å². The van der Waals surface area contributed by atoms with Crippen LogP contribution in [-0.2, 0) is 14.3 Å². The van der Waals surface area contributed by atoms with E-state index < -0.39 is 5.97 Å². The molecule has 0 aromatic heterocycles. The van der Waals surface area contributed by atoms with Crippen LogP contribution in [0, 0.1) is 11.8 Å². The molecule has 0 N–H and O–H groups in total. The first-order valence-corrected chi connectivity index (χ1v) is 7.50. The van der Waals surface area contributed by atoms with Crippen LogP contribution in [0.3, 0.4) is 0 Å². The van der Waals surface area contributed by atoms with E-state index in [-0.39, 0.29) is 5.91 Å². The number of amidine groups is 1. The summed E-state index contributed by atoms with van der Waals surface area (Å²) in [7, 11) is 1.29. The third-order valence-electron chi connectivity index (χ3n) is 2.48. The molecule has 0 spiro atoms. The Labute approximate surface area is 124 Å². The van der Waals surface area contributed by atoms with Crippen LogP contribution in [0.25, 0.3) is 0 Å². The first-order valence-electron chi connectivity index (χ1n) is 6.69. The number of carbonyl (C=O) groups is 2. The maximum atomic E-state index is 12.3. The van der Waals surface area contributed by atoms with E-state index in [0.717, 1.165) is 0 Å². The van der Waals surface area contributed by atoms with Gasteiger partial charge in [-0.25, -0.2) is 4.79 Å². The van der Waals surface area contributed by atoms with Crippen molar-refractivity contribution in [2.75, 3.05) is 20.2 Å². The van der Waals surface area contributed by atoms with Gasteiger partial charge in [0.2, 0.25) is 0 Å². The molecule has 0 aromatic rings. The molecule has 0 unspecified atom stereocenters. The highest BCUT2D eigenvalue weighted by Gasteiger charge is 2.34. The Morgan fingerprint density at radius 2 is 2.00 bits per heavy atom. The van der Waals surface area contributed by atoms with E-state index in [4.69, 9.17) is 0 Å². The van der Waals surface area contributed by atoms with Crippen molar-refractivity contribution < 1.29 is 14.3 Å². The summed E-state index contributed by atoms with van der Waals surface area (Å²) in [5, 5.41) is 0.674. The highest BCUT2D eigenvalue weighted by Crippen LogP contribution is 2.31.